The third kappa shape index (κ3) is 4.79. The van der Waals surface area contributed by atoms with Crippen LogP contribution in [0.3, 0.4) is 0 Å². The van der Waals surface area contributed by atoms with Gasteiger partial charge in [-0.25, -0.2) is 8.42 Å². The van der Waals surface area contributed by atoms with Gasteiger partial charge >= 0.3 is 0 Å². The molecule has 9 heteroatoms. The average Bonchev–Trinajstić information content (AvgIpc) is 3.34. The average molecular weight is 421 g/mol. The van der Waals surface area contributed by atoms with Gasteiger partial charge in [0.15, 0.2) is 0 Å². The standard InChI is InChI=1S/C20H28N4O4S/c25-19(21-17-5-6-17)15-22-11-13-23(14-12-22)20(26)16-3-7-18(8-4-16)29(27,28)24-9-1-2-10-24/h3-4,7-8,17H,1-2,5-6,9-15H2,(H,21,25). The van der Waals surface area contributed by atoms with E-state index in [1.165, 1.54) is 16.4 Å². The van der Waals surface area contributed by atoms with Crippen LogP contribution >= 0.6 is 0 Å². The van der Waals surface area contributed by atoms with Crippen LogP contribution in [0.2, 0.25) is 0 Å². The number of amides is 2. The Labute approximate surface area is 171 Å². The first-order chi connectivity index (χ1) is 13.9. The lowest BCUT2D eigenvalue weighted by Crippen LogP contribution is -2.51. The van der Waals surface area contributed by atoms with E-state index in [1.807, 2.05) is 0 Å². The Balaban J connectivity index is 1.31. The van der Waals surface area contributed by atoms with E-state index in [1.54, 1.807) is 17.0 Å². The Hall–Kier alpha value is -1.97. The molecule has 8 nitrogen and oxygen atoms in total. The SMILES string of the molecule is O=C(CN1CCN(C(=O)c2ccc(S(=O)(=O)N3CCCC3)cc2)CC1)NC1CC1. The molecule has 0 spiro atoms. The van der Waals surface area contributed by atoms with Crippen LogP contribution in [0.15, 0.2) is 29.2 Å². The number of nitrogens with zero attached hydrogens (tertiary/aromatic N) is 3. The molecule has 3 fully saturated rings. The molecule has 2 aliphatic heterocycles. The lowest BCUT2D eigenvalue weighted by atomic mass is 10.2. The molecule has 29 heavy (non-hydrogen) atoms. The van der Waals surface area contributed by atoms with Gasteiger partial charge in [0.2, 0.25) is 15.9 Å². The smallest absolute Gasteiger partial charge is 0.253 e. The summed E-state index contributed by atoms with van der Waals surface area (Å²) in [6, 6.07) is 6.61. The van der Waals surface area contributed by atoms with Crippen LogP contribution in [0, 0.1) is 0 Å². The van der Waals surface area contributed by atoms with Crippen molar-refractivity contribution < 1.29 is 18.0 Å². The predicted molar refractivity (Wildman–Crippen MR) is 108 cm³/mol. The number of nitrogens with one attached hydrogen (secondary N) is 1. The fourth-order valence-corrected chi connectivity index (χ4v) is 5.36. The zero-order valence-electron chi connectivity index (χ0n) is 16.5. The normalized spacial score (nSPS) is 21.3. The van der Waals surface area contributed by atoms with Crippen LogP contribution in [-0.2, 0) is 14.8 Å². The molecule has 3 aliphatic rings. The lowest BCUT2D eigenvalue weighted by Gasteiger charge is -2.34. The maximum atomic E-state index is 12.8. The van der Waals surface area contributed by atoms with Gasteiger partial charge in [0.05, 0.1) is 11.4 Å². The van der Waals surface area contributed by atoms with E-state index >= 15 is 0 Å². The molecule has 2 heterocycles. The van der Waals surface area contributed by atoms with Gasteiger partial charge in [-0.3, -0.25) is 14.5 Å². The van der Waals surface area contributed by atoms with Gasteiger partial charge in [0.1, 0.15) is 0 Å². The molecule has 2 saturated heterocycles. The second kappa shape index (κ2) is 8.41. The van der Waals surface area contributed by atoms with Crippen molar-refractivity contribution in [3.8, 4) is 0 Å². The van der Waals surface area contributed by atoms with Crippen molar-refractivity contribution in [2.24, 2.45) is 0 Å². The molecule has 4 rings (SSSR count). The van der Waals surface area contributed by atoms with Crippen LogP contribution in [0.4, 0.5) is 0 Å². The van der Waals surface area contributed by atoms with Crippen LogP contribution in [0.5, 0.6) is 0 Å². The van der Waals surface area contributed by atoms with Gasteiger partial charge in [0, 0.05) is 50.9 Å². The molecule has 0 atom stereocenters. The second-order valence-corrected chi connectivity index (χ2v) is 9.98. The highest BCUT2D eigenvalue weighted by Gasteiger charge is 2.29. The van der Waals surface area contributed by atoms with Crippen molar-refractivity contribution in [1.82, 2.24) is 19.4 Å². The summed E-state index contributed by atoms with van der Waals surface area (Å²) in [6.07, 6.45) is 3.94. The fourth-order valence-electron chi connectivity index (χ4n) is 3.84. The largest absolute Gasteiger partial charge is 0.352 e. The number of hydrogen-bond acceptors (Lipinski definition) is 5. The molecule has 0 radical (unpaired) electrons. The predicted octanol–water partition coefficient (Wildman–Crippen LogP) is 0.508. The third-order valence-corrected chi connectivity index (χ3v) is 7.69. The minimum Gasteiger partial charge on any atom is -0.352 e. The van der Waals surface area contributed by atoms with Crippen LogP contribution in [-0.4, -0.2) is 86.2 Å². The maximum absolute atomic E-state index is 12.8. The van der Waals surface area contributed by atoms with Crippen LogP contribution < -0.4 is 5.32 Å². The van der Waals surface area contributed by atoms with E-state index in [0.29, 0.717) is 57.4 Å². The number of carbonyl (C=O) groups excluding carboxylic acids is 2. The number of rotatable bonds is 6. The van der Waals surface area contributed by atoms with Gasteiger partial charge in [-0.1, -0.05) is 0 Å². The molecule has 1 N–H and O–H groups in total. The van der Waals surface area contributed by atoms with Gasteiger partial charge in [-0.15, -0.1) is 0 Å². The van der Waals surface area contributed by atoms with Crippen molar-refractivity contribution in [3.05, 3.63) is 29.8 Å². The zero-order chi connectivity index (χ0) is 20.4. The van der Waals surface area contributed by atoms with E-state index in [9.17, 15) is 18.0 Å². The molecule has 0 aromatic heterocycles. The second-order valence-electron chi connectivity index (χ2n) is 8.05. The number of carbonyl (C=O) groups is 2. The molecular weight excluding hydrogens is 392 g/mol. The lowest BCUT2D eigenvalue weighted by molar-refractivity contribution is -0.122. The molecular formula is C20H28N4O4S. The molecule has 1 saturated carbocycles. The summed E-state index contributed by atoms with van der Waals surface area (Å²) in [5, 5.41) is 2.98. The van der Waals surface area contributed by atoms with E-state index < -0.39 is 10.0 Å². The Morgan fingerprint density at radius 3 is 2.14 bits per heavy atom. The van der Waals surface area contributed by atoms with Crippen LogP contribution in [0.1, 0.15) is 36.0 Å². The molecule has 0 bridgehead atoms. The summed E-state index contributed by atoms with van der Waals surface area (Å²) in [5.74, 6) is -0.0423. The van der Waals surface area contributed by atoms with Gasteiger partial charge in [-0.2, -0.15) is 4.31 Å². The minimum atomic E-state index is -3.47. The molecule has 1 aliphatic carbocycles. The highest BCUT2D eigenvalue weighted by molar-refractivity contribution is 7.89. The Morgan fingerprint density at radius 2 is 1.55 bits per heavy atom. The summed E-state index contributed by atoms with van der Waals surface area (Å²) in [7, 11) is -3.47. The summed E-state index contributed by atoms with van der Waals surface area (Å²) in [4.78, 5) is 28.8. The highest BCUT2D eigenvalue weighted by Crippen LogP contribution is 2.22. The monoisotopic (exact) mass is 420 g/mol. The summed E-state index contributed by atoms with van der Waals surface area (Å²) in [6.45, 7) is 3.93. The summed E-state index contributed by atoms with van der Waals surface area (Å²) < 4.78 is 26.7. The number of benzene rings is 1. The van der Waals surface area contributed by atoms with Gasteiger partial charge in [-0.05, 0) is 49.9 Å². The van der Waals surface area contributed by atoms with E-state index in [4.69, 9.17) is 0 Å². The van der Waals surface area contributed by atoms with E-state index in [-0.39, 0.29) is 16.7 Å². The molecule has 2 amide bonds. The summed E-state index contributed by atoms with van der Waals surface area (Å²) >= 11 is 0. The first kappa shape index (κ1) is 20.3. The van der Waals surface area contributed by atoms with E-state index in [2.05, 4.69) is 10.2 Å². The van der Waals surface area contributed by atoms with Crippen molar-refractivity contribution in [3.63, 3.8) is 0 Å². The first-order valence-corrected chi connectivity index (χ1v) is 11.8. The van der Waals surface area contributed by atoms with Crippen molar-refractivity contribution in [2.75, 3.05) is 45.8 Å². The number of piperazine rings is 1. The highest BCUT2D eigenvalue weighted by atomic mass is 32.2. The number of hydrogen-bond donors (Lipinski definition) is 1. The molecule has 158 valence electrons. The Kier molecular flexibility index (Phi) is 5.89. The number of sulfonamides is 1. The summed E-state index contributed by atoms with van der Waals surface area (Å²) in [5.41, 5.74) is 0.491. The molecule has 1 aromatic rings. The molecule has 1 aromatic carbocycles. The topological polar surface area (TPSA) is 90.0 Å². The maximum Gasteiger partial charge on any atom is 0.253 e. The van der Waals surface area contributed by atoms with Gasteiger partial charge in [0.25, 0.3) is 5.91 Å². The van der Waals surface area contributed by atoms with Crippen LogP contribution in [0.25, 0.3) is 0 Å². The Morgan fingerprint density at radius 1 is 0.931 bits per heavy atom. The Bertz CT molecular complexity index is 853. The van der Waals surface area contributed by atoms with E-state index in [0.717, 1.165) is 25.7 Å². The van der Waals surface area contributed by atoms with Crippen molar-refractivity contribution >= 4 is 21.8 Å². The zero-order valence-corrected chi connectivity index (χ0v) is 17.4. The minimum absolute atomic E-state index is 0.0575. The third-order valence-electron chi connectivity index (χ3n) is 5.77. The van der Waals surface area contributed by atoms with Crippen molar-refractivity contribution in [1.29, 1.82) is 0 Å². The fraction of sp³-hybridized carbons (Fsp3) is 0.600. The quantitative estimate of drug-likeness (QED) is 0.724. The van der Waals surface area contributed by atoms with Gasteiger partial charge < -0.3 is 10.2 Å². The first-order valence-electron chi connectivity index (χ1n) is 10.3. The van der Waals surface area contributed by atoms with Crippen molar-refractivity contribution in [2.45, 2.75) is 36.6 Å². The molecule has 0 unspecified atom stereocenters.